The lowest BCUT2D eigenvalue weighted by Crippen LogP contribution is -2.24. The Morgan fingerprint density at radius 2 is 1.44 bits per heavy atom. The Hall–Kier alpha value is -0.710. The molecule has 1 rings (SSSR count). The number of hydrogen-bond donors (Lipinski definition) is 2. The van der Waals surface area contributed by atoms with Gasteiger partial charge in [-0.15, -0.1) is 0 Å². The fourth-order valence-electron chi connectivity index (χ4n) is 0.582. The van der Waals surface area contributed by atoms with Crippen LogP contribution >= 0.6 is 0 Å². The molecule has 0 saturated carbocycles. The number of allylic oxidation sites excluding steroid dienone is 2. The normalized spacial score (nSPS) is 23.3. The van der Waals surface area contributed by atoms with Crippen LogP contribution in [0.25, 0.3) is 0 Å². The predicted molar refractivity (Wildman–Crippen MR) is 33.6 cm³/mol. The van der Waals surface area contributed by atoms with Crippen molar-refractivity contribution >= 4 is 10.2 Å². The topological polar surface area (TPSA) is 58.2 Å². The molecule has 0 aromatic heterocycles. The first kappa shape index (κ1) is 6.41. The minimum atomic E-state index is -3.22. The number of hydrogen-bond acceptors (Lipinski definition) is 2. The first-order chi connectivity index (χ1) is 4.01. The van der Waals surface area contributed by atoms with Gasteiger partial charge in [-0.1, -0.05) is 0 Å². The van der Waals surface area contributed by atoms with Crippen molar-refractivity contribution < 1.29 is 8.42 Å². The molecule has 0 aromatic carbocycles. The minimum absolute atomic E-state index is 0.662. The molecule has 0 atom stereocenters. The molecule has 0 fully saturated rings. The van der Waals surface area contributed by atoms with Gasteiger partial charge < -0.3 is 0 Å². The Morgan fingerprint density at radius 3 is 1.56 bits per heavy atom. The van der Waals surface area contributed by atoms with Gasteiger partial charge in [0.05, 0.1) is 0 Å². The summed E-state index contributed by atoms with van der Waals surface area (Å²) in [5, 5.41) is 0. The molecule has 5 heteroatoms. The maximum atomic E-state index is 10.6. The Balaban J connectivity index is 2.95. The van der Waals surface area contributed by atoms with E-state index in [2.05, 4.69) is 9.44 Å². The summed E-state index contributed by atoms with van der Waals surface area (Å²) >= 11 is 0. The quantitative estimate of drug-likeness (QED) is 0.494. The summed E-state index contributed by atoms with van der Waals surface area (Å²) in [6.07, 6.45) is 0. The fraction of sp³-hybridized carbons (Fsp3) is 0.500. The van der Waals surface area contributed by atoms with Crippen LogP contribution in [0.4, 0.5) is 0 Å². The van der Waals surface area contributed by atoms with Gasteiger partial charge in [0, 0.05) is 11.4 Å². The van der Waals surface area contributed by atoms with Crippen LogP contribution in [0, 0.1) is 0 Å². The molecule has 1 aliphatic heterocycles. The van der Waals surface area contributed by atoms with Gasteiger partial charge in [0.15, 0.2) is 0 Å². The first-order valence-electron chi connectivity index (χ1n) is 2.49. The first-order valence-corrected chi connectivity index (χ1v) is 3.97. The second-order valence-electron chi connectivity index (χ2n) is 1.96. The molecule has 9 heavy (non-hydrogen) atoms. The molecule has 2 N–H and O–H groups in total. The lowest BCUT2D eigenvalue weighted by Gasteiger charge is -1.93. The Morgan fingerprint density at radius 1 is 1.11 bits per heavy atom. The SMILES string of the molecule is CC1=C(C)NS(=O)(=O)N1. The molecule has 52 valence electrons. The molecule has 1 aliphatic rings. The lowest BCUT2D eigenvalue weighted by molar-refractivity contribution is 0.587. The van der Waals surface area contributed by atoms with Crippen molar-refractivity contribution in [2.45, 2.75) is 13.8 Å². The highest BCUT2D eigenvalue weighted by Gasteiger charge is 2.18. The van der Waals surface area contributed by atoms with Crippen molar-refractivity contribution in [3.63, 3.8) is 0 Å². The second-order valence-corrected chi connectivity index (χ2v) is 3.37. The fourth-order valence-corrected chi connectivity index (χ4v) is 1.75. The van der Waals surface area contributed by atoms with Gasteiger partial charge in [-0.3, -0.25) is 9.44 Å². The average Bonchev–Trinajstić information content (AvgIpc) is 1.79. The molecule has 0 amide bonds. The molecule has 0 unspecified atom stereocenters. The van der Waals surface area contributed by atoms with Gasteiger partial charge in [0.1, 0.15) is 0 Å². The van der Waals surface area contributed by atoms with Crippen LogP contribution in [0.2, 0.25) is 0 Å². The van der Waals surface area contributed by atoms with Crippen molar-refractivity contribution in [3.8, 4) is 0 Å². The van der Waals surface area contributed by atoms with Gasteiger partial charge in [-0.25, -0.2) is 0 Å². The van der Waals surface area contributed by atoms with Crippen LogP contribution < -0.4 is 9.44 Å². The van der Waals surface area contributed by atoms with E-state index in [1.54, 1.807) is 13.8 Å². The van der Waals surface area contributed by atoms with E-state index in [9.17, 15) is 8.42 Å². The summed E-state index contributed by atoms with van der Waals surface area (Å²) in [5.74, 6) is 0. The van der Waals surface area contributed by atoms with Crippen LogP contribution in [-0.2, 0) is 10.2 Å². The highest BCUT2D eigenvalue weighted by atomic mass is 32.2. The smallest absolute Gasteiger partial charge is 0.269 e. The number of nitrogens with one attached hydrogen (secondary N) is 2. The molecule has 1 heterocycles. The van der Waals surface area contributed by atoms with Gasteiger partial charge in [0.25, 0.3) is 0 Å². The third-order valence-corrected chi connectivity index (χ3v) is 2.29. The molecule has 0 spiro atoms. The van der Waals surface area contributed by atoms with Gasteiger partial charge >= 0.3 is 10.2 Å². The zero-order valence-corrected chi connectivity index (χ0v) is 6.04. The lowest BCUT2D eigenvalue weighted by atomic mass is 10.4. The van der Waals surface area contributed by atoms with Crippen LogP contribution in [0.15, 0.2) is 11.4 Å². The third-order valence-electron chi connectivity index (χ3n) is 1.14. The Labute approximate surface area is 54.1 Å². The van der Waals surface area contributed by atoms with Crippen molar-refractivity contribution in [1.29, 1.82) is 0 Å². The Kier molecular flexibility index (Phi) is 1.16. The maximum Gasteiger partial charge on any atom is 0.321 e. The van der Waals surface area contributed by atoms with E-state index in [0.717, 1.165) is 0 Å². The predicted octanol–water partition coefficient (Wildman–Crippen LogP) is -0.325. The molecular weight excluding hydrogens is 140 g/mol. The van der Waals surface area contributed by atoms with E-state index < -0.39 is 10.2 Å². The largest absolute Gasteiger partial charge is 0.321 e. The van der Waals surface area contributed by atoms with E-state index in [1.165, 1.54) is 0 Å². The minimum Gasteiger partial charge on any atom is -0.269 e. The molecule has 0 aromatic rings. The van der Waals surface area contributed by atoms with E-state index in [0.29, 0.717) is 11.4 Å². The molecule has 0 saturated heterocycles. The summed E-state index contributed by atoms with van der Waals surface area (Å²) in [6.45, 7) is 3.40. The zero-order chi connectivity index (χ0) is 7.07. The number of rotatable bonds is 0. The van der Waals surface area contributed by atoms with Crippen LogP contribution in [-0.4, -0.2) is 8.42 Å². The van der Waals surface area contributed by atoms with E-state index in [4.69, 9.17) is 0 Å². The van der Waals surface area contributed by atoms with E-state index >= 15 is 0 Å². The average molecular weight is 148 g/mol. The highest BCUT2D eigenvalue weighted by Crippen LogP contribution is 2.05. The van der Waals surface area contributed by atoms with Crippen molar-refractivity contribution in [3.05, 3.63) is 11.4 Å². The van der Waals surface area contributed by atoms with Crippen LogP contribution in [0.1, 0.15) is 13.8 Å². The van der Waals surface area contributed by atoms with Crippen LogP contribution in [0.5, 0.6) is 0 Å². The molecule has 0 aliphatic carbocycles. The summed E-state index contributed by atoms with van der Waals surface area (Å²) in [4.78, 5) is 0. The van der Waals surface area contributed by atoms with Crippen molar-refractivity contribution in [2.75, 3.05) is 0 Å². The van der Waals surface area contributed by atoms with Gasteiger partial charge in [0.2, 0.25) is 0 Å². The standard InChI is InChI=1S/C4H8N2O2S/c1-3-4(2)6-9(7,8)5-3/h5-6H,1-2H3. The summed E-state index contributed by atoms with van der Waals surface area (Å²) in [5.41, 5.74) is 1.32. The second kappa shape index (κ2) is 1.63. The summed E-state index contributed by atoms with van der Waals surface area (Å²) in [6, 6.07) is 0. The summed E-state index contributed by atoms with van der Waals surface area (Å²) in [7, 11) is -3.22. The molecular formula is C4H8N2O2S. The molecule has 4 nitrogen and oxygen atoms in total. The van der Waals surface area contributed by atoms with Crippen molar-refractivity contribution in [1.82, 2.24) is 9.44 Å². The van der Waals surface area contributed by atoms with Gasteiger partial charge in [-0.2, -0.15) is 8.42 Å². The van der Waals surface area contributed by atoms with Crippen molar-refractivity contribution in [2.24, 2.45) is 0 Å². The maximum absolute atomic E-state index is 10.6. The molecule has 0 bridgehead atoms. The third kappa shape index (κ3) is 1.16. The van der Waals surface area contributed by atoms with E-state index in [1.807, 2.05) is 0 Å². The van der Waals surface area contributed by atoms with E-state index in [-0.39, 0.29) is 0 Å². The van der Waals surface area contributed by atoms with Crippen LogP contribution in [0.3, 0.4) is 0 Å². The zero-order valence-electron chi connectivity index (χ0n) is 5.22. The Bertz CT molecular complexity index is 232. The monoisotopic (exact) mass is 148 g/mol. The van der Waals surface area contributed by atoms with Gasteiger partial charge in [-0.05, 0) is 13.8 Å². The molecule has 0 radical (unpaired) electrons. The summed E-state index contributed by atoms with van der Waals surface area (Å²) < 4.78 is 25.7. The highest BCUT2D eigenvalue weighted by molar-refractivity contribution is 7.88.